The molecule has 3 nitrogen and oxygen atoms in total. The lowest BCUT2D eigenvalue weighted by Gasteiger charge is -2.43. The molecule has 1 heterocycles. The first-order valence-electron chi connectivity index (χ1n) is 7.16. The second kappa shape index (κ2) is 5.38. The predicted octanol–water partition coefficient (Wildman–Crippen LogP) is 2.16. The maximum absolute atomic E-state index is 12.4. The van der Waals surface area contributed by atoms with Crippen molar-refractivity contribution in [1.82, 2.24) is 10.2 Å². The van der Waals surface area contributed by atoms with Crippen LogP contribution in [0.3, 0.4) is 0 Å². The van der Waals surface area contributed by atoms with Gasteiger partial charge in [0.15, 0.2) is 0 Å². The fraction of sp³-hybridized carbons (Fsp3) is 0.929. The van der Waals surface area contributed by atoms with Crippen molar-refractivity contribution < 1.29 is 4.79 Å². The summed E-state index contributed by atoms with van der Waals surface area (Å²) in [6.07, 6.45) is 6.13. The number of likely N-dealkylation sites (tertiary alicyclic amines) is 1. The van der Waals surface area contributed by atoms with E-state index >= 15 is 0 Å². The number of nitrogens with one attached hydrogen (secondary N) is 1. The number of nitrogens with zero attached hydrogens (tertiary/aromatic N) is 1. The third-order valence-electron chi connectivity index (χ3n) is 4.33. The van der Waals surface area contributed by atoms with Gasteiger partial charge in [-0.05, 0) is 38.5 Å². The first-order chi connectivity index (χ1) is 8.09. The van der Waals surface area contributed by atoms with Crippen LogP contribution in [-0.4, -0.2) is 35.5 Å². The van der Waals surface area contributed by atoms with E-state index in [2.05, 4.69) is 31.0 Å². The van der Waals surface area contributed by atoms with Gasteiger partial charge in [-0.3, -0.25) is 4.79 Å². The monoisotopic (exact) mass is 238 g/mol. The Labute approximate surface area is 105 Å². The van der Waals surface area contributed by atoms with Crippen molar-refractivity contribution in [2.75, 3.05) is 6.54 Å². The van der Waals surface area contributed by atoms with Crippen molar-refractivity contribution in [2.24, 2.45) is 5.92 Å². The lowest BCUT2D eigenvalue weighted by molar-refractivity contribution is -0.140. The highest BCUT2D eigenvalue weighted by atomic mass is 16.2. The van der Waals surface area contributed by atoms with Gasteiger partial charge in [0.05, 0.1) is 6.04 Å². The van der Waals surface area contributed by atoms with Crippen molar-refractivity contribution in [3.8, 4) is 0 Å². The first-order valence-corrected chi connectivity index (χ1v) is 7.16. The Morgan fingerprint density at radius 2 is 1.88 bits per heavy atom. The summed E-state index contributed by atoms with van der Waals surface area (Å²) in [5.74, 6) is 1.10. The topological polar surface area (TPSA) is 32.3 Å². The predicted molar refractivity (Wildman–Crippen MR) is 69.8 cm³/mol. The molecular formula is C14H26N2O. The van der Waals surface area contributed by atoms with Gasteiger partial charge in [0.2, 0.25) is 5.91 Å². The molecule has 1 amide bonds. The second-order valence-corrected chi connectivity index (χ2v) is 5.98. The highest BCUT2D eigenvalue weighted by Crippen LogP contribution is 2.33. The molecule has 2 rings (SSSR count). The molecule has 0 aromatic carbocycles. The SMILES string of the molecule is CC(C)NC1CCCN(C(C)C2CCC2)C1=O. The zero-order valence-electron chi connectivity index (χ0n) is 11.4. The van der Waals surface area contributed by atoms with Gasteiger partial charge in [-0.2, -0.15) is 0 Å². The van der Waals surface area contributed by atoms with Gasteiger partial charge in [0, 0.05) is 18.6 Å². The van der Waals surface area contributed by atoms with Crippen LogP contribution in [0.1, 0.15) is 52.9 Å². The molecule has 0 aromatic rings. The highest BCUT2D eigenvalue weighted by Gasteiger charge is 2.36. The lowest BCUT2D eigenvalue weighted by Crippen LogP contribution is -2.56. The van der Waals surface area contributed by atoms with Crippen molar-refractivity contribution in [1.29, 1.82) is 0 Å². The molecule has 2 aliphatic rings. The standard InChI is InChI=1S/C14H26N2O/c1-10(2)15-13-8-5-9-16(14(13)17)11(3)12-6-4-7-12/h10-13,15H,4-9H2,1-3H3. The summed E-state index contributed by atoms with van der Waals surface area (Å²) in [6.45, 7) is 7.43. The number of carbonyl (C=O) groups excluding carboxylic acids is 1. The Balaban J connectivity index is 1.95. The van der Waals surface area contributed by atoms with E-state index in [1.807, 2.05) is 0 Å². The molecule has 98 valence electrons. The quantitative estimate of drug-likeness (QED) is 0.814. The number of piperidine rings is 1. The van der Waals surface area contributed by atoms with E-state index in [0.29, 0.717) is 18.0 Å². The van der Waals surface area contributed by atoms with Crippen LogP contribution in [0.15, 0.2) is 0 Å². The van der Waals surface area contributed by atoms with E-state index in [1.165, 1.54) is 19.3 Å². The molecule has 1 saturated heterocycles. The fourth-order valence-corrected chi connectivity index (χ4v) is 3.04. The summed E-state index contributed by atoms with van der Waals surface area (Å²) in [6, 6.07) is 0.905. The number of hydrogen-bond acceptors (Lipinski definition) is 2. The van der Waals surface area contributed by atoms with Crippen LogP contribution in [0.4, 0.5) is 0 Å². The van der Waals surface area contributed by atoms with E-state index in [-0.39, 0.29) is 6.04 Å². The smallest absolute Gasteiger partial charge is 0.239 e. The van der Waals surface area contributed by atoms with Crippen molar-refractivity contribution in [3.63, 3.8) is 0 Å². The molecule has 2 atom stereocenters. The van der Waals surface area contributed by atoms with Crippen LogP contribution in [0.25, 0.3) is 0 Å². The lowest BCUT2D eigenvalue weighted by atomic mass is 9.79. The molecule has 1 saturated carbocycles. The molecule has 0 bridgehead atoms. The van der Waals surface area contributed by atoms with Crippen LogP contribution in [0, 0.1) is 5.92 Å². The molecule has 1 N–H and O–H groups in total. The molecule has 2 unspecified atom stereocenters. The molecule has 0 aromatic heterocycles. The molecule has 1 aliphatic carbocycles. The van der Waals surface area contributed by atoms with Crippen molar-refractivity contribution in [2.45, 2.75) is 71.0 Å². The second-order valence-electron chi connectivity index (χ2n) is 5.98. The molecule has 17 heavy (non-hydrogen) atoms. The Morgan fingerprint density at radius 3 is 2.41 bits per heavy atom. The van der Waals surface area contributed by atoms with Crippen LogP contribution in [0.2, 0.25) is 0 Å². The summed E-state index contributed by atoms with van der Waals surface area (Å²) in [5.41, 5.74) is 0. The number of carbonyl (C=O) groups is 1. The summed E-state index contributed by atoms with van der Waals surface area (Å²) in [5, 5.41) is 3.40. The zero-order chi connectivity index (χ0) is 12.4. The van der Waals surface area contributed by atoms with Gasteiger partial charge in [-0.1, -0.05) is 20.3 Å². The largest absolute Gasteiger partial charge is 0.338 e. The van der Waals surface area contributed by atoms with Gasteiger partial charge < -0.3 is 10.2 Å². The van der Waals surface area contributed by atoms with Crippen molar-refractivity contribution >= 4 is 5.91 Å². The minimum absolute atomic E-state index is 0.0614. The average Bonchev–Trinajstić information content (AvgIpc) is 2.17. The molecule has 0 radical (unpaired) electrons. The Morgan fingerprint density at radius 1 is 1.18 bits per heavy atom. The van der Waals surface area contributed by atoms with Gasteiger partial charge >= 0.3 is 0 Å². The normalized spacial score (nSPS) is 28.4. The number of hydrogen-bond donors (Lipinski definition) is 1. The maximum atomic E-state index is 12.4. The summed E-state index contributed by atoms with van der Waals surface area (Å²) >= 11 is 0. The Kier molecular flexibility index (Phi) is 4.08. The third-order valence-corrected chi connectivity index (χ3v) is 4.33. The average molecular weight is 238 g/mol. The number of rotatable bonds is 4. The molecular weight excluding hydrogens is 212 g/mol. The summed E-state index contributed by atoms with van der Waals surface area (Å²) < 4.78 is 0. The van der Waals surface area contributed by atoms with E-state index in [9.17, 15) is 4.79 Å². The minimum Gasteiger partial charge on any atom is -0.338 e. The van der Waals surface area contributed by atoms with E-state index in [4.69, 9.17) is 0 Å². The van der Waals surface area contributed by atoms with Gasteiger partial charge in [0.25, 0.3) is 0 Å². The van der Waals surface area contributed by atoms with Crippen LogP contribution >= 0.6 is 0 Å². The molecule has 1 aliphatic heterocycles. The summed E-state index contributed by atoms with van der Waals surface area (Å²) in [7, 11) is 0. The Hall–Kier alpha value is -0.570. The van der Waals surface area contributed by atoms with Crippen LogP contribution < -0.4 is 5.32 Å². The Bertz CT molecular complexity index is 273. The van der Waals surface area contributed by atoms with Gasteiger partial charge in [-0.25, -0.2) is 0 Å². The number of amides is 1. The zero-order valence-corrected chi connectivity index (χ0v) is 11.4. The van der Waals surface area contributed by atoms with Crippen LogP contribution in [-0.2, 0) is 4.79 Å². The minimum atomic E-state index is 0.0614. The van der Waals surface area contributed by atoms with Crippen molar-refractivity contribution in [3.05, 3.63) is 0 Å². The molecule has 3 heteroatoms. The highest BCUT2D eigenvalue weighted by molar-refractivity contribution is 5.83. The molecule has 2 fully saturated rings. The van der Waals surface area contributed by atoms with Crippen LogP contribution in [0.5, 0.6) is 0 Å². The summed E-state index contributed by atoms with van der Waals surface area (Å²) in [4.78, 5) is 14.5. The van der Waals surface area contributed by atoms with Gasteiger partial charge in [-0.15, -0.1) is 0 Å². The molecule has 0 spiro atoms. The van der Waals surface area contributed by atoms with E-state index < -0.39 is 0 Å². The fourth-order valence-electron chi connectivity index (χ4n) is 3.04. The van der Waals surface area contributed by atoms with E-state index in [0.717, 1.165) is 25.3 Å². The van der Waals surface area contributed by atoms with E-state index in [1.54, 1.807) is 0 Å². The third kappa shape index (κ3) is 2.82. The first kappa shape index (κ1) is 12.9. The maximum Gasteiger partial charge on any atom is 0.239 e. The van der Waals surface area contributed by atoms with Gasteiger partial charge in [0.1, 0.15) is 0 Å².